The van der Waals surface area contributed by atoms with Crippen molar-refractivity contribution < 1.29 is 15.0 Å². The zero-order chi connectivity index (χ0) is 14.1. The average Bonchev–Trinajstić information content (AvgIpc) is 2.43. The molecular weight excluding hydrogens is 252 g/mol. The summed E-state index contributed by atoms with van der Waals surface area (Å²) in [7, 11) is 0. The van der Waals surface area contributed by atoms with Crippen LogP contribution in [-0.2, 0) is 6.42 Å². The summed E-state index contributed by atoms with van der Waals surface area (Å²) in [5.74, 6) is 0.238. The Morgan fingerprint density at radius 1 is 0.950 bits per heavy atom. The van der Waals surface area contributed by atoms with E-state index in [2.05, 4.69) is 0 Å². The predicted molar refractivity (Wildman–Crippen MR) is 76.8 cm³/mol. The Bertz CT molecular complexity index is 714. The highest BCUT2D eigenvalue weighted by Crippen LogP contribution is 2.29. The highest BCUT2D eigenvalue weighted by atomic mass is 16.3. The molecule has 0 aliphatic heterocycles. The second-order valence-electron chi connectivity index (χ2n) is 4.94. The predicted octanol–water partition coefficient (Wildman–Crippen LogP) is 3.31. The minimum Gasteiger partial charge on any atom is -0.508 e. The summed E-state index contributed by atoms with van der Waals surface area (Å²) in [6.07, 6.45) is 3.26. The highest BCUT2D eigenvalue weighted by Gasteiger charge is 2.22. The lowest BCUT2D eigenvalue weighted by Gasteiger charge is -2.17. The largest absolute Gasteiger partial charge is 0.508 e. The fraction of sp³-hybridized carbons (Fsp3) is 0.118. The van der Waals surface area contributed by atoms with Gasteiger partial charge >= 0.3 is 0 Å². The van der Waals surface area contributed by atoms with Crippen LogP contribution in [0.25, 0.3) is 6.08 Å². The topological polar surface area (TPSA) is 57.5 Å². The highest BCUT2D eigenvalue weighted by molar-refractivity contribution is 6.13. The number of carbonyl (C=O) groups excluding carboxylic acids is 1. The molecule has 3 heteroatoms. The number of carbonyl (C=O) groups is 1. The minimum absolute atomic E-state index is 0.0505. The van der Waals surface area contributed by atoms with Crippen LogP contribution in [0, 0.1) is 0 Å². The van der Waals surface area contributed by atoms with E-state index < -0.39 is 0 Å². The van der Waals surface area contributed by atoms with Crippen LogP contribution < -0.4 is 0 Å². The minimum atomic E-state index is -0.0505. The lowest BCUT2D eigenvalue weighted by atomic mass is 9.86. The van der Waals surface area contributed by atoms with Gasteiger partial charge in [0.25, 0.3) is 0 Å². The molecule has 20 heavy (non-hydrogen) atoms. The lowest BCUT2D eigenvalue weighted by Crippen LogP contribution is -2.13. The standard InChI is InChI=1S/C17H14O3/c18-14-3-1-2-11(9-14)8-13-5-4-12-6-7-15(19)10-16(12)17(13)20/h1-3,6-10,18-19H,4-5H2/b13-8+. The monoisotopic (exact) mass is 266 g/mol. The van der Waals surface area contributed by atoms with Crippen molar-refractivity contribution in [2.75, 3.05) is 0 Å². The summed E-state index contributed by atoms with van der Waals surface area (Å²) in [5, 5.41) is 19.0. The Morgan fingerprint density at radius 2 is 1.75 bits per heavy atom. The number of rotatable bonds is 1. The molecular formula is C17H14O3. The summed E-state index contributed by atoms with van der Waals surface area (Å²) >= 11 is 0. The van der Waals surface area contributed by atoms with E-state index >= 15 is 0 Å². The van der Waals surface area contributed by atoms with Crippen LogP contribution in [0.4, 0.5) is 0 Å². The Labute approximate surface area is 116 Å². The van der Waals surface area contributed by atoms with E-state index in [9.17, 15) is 15.0 Å². The van der Waals surface area contributed by atoms with Crippen molar-refractivity contribution in [3.05, 3.63) is 64.7 Å². The van der Waals surface area contributed by atoms with Crippen LogP contribution in [0.1, 0.15) is 27.9 Å². The zero-order valence-electron chi connectivity index (χ0n) is 10.8. The Balaban J connectivity index is 2.00. The molecule has 0 atom stereocenters. The lowest BCUT2D eigenvalue weighted by molar-refractivity contribution is 0.102. The van der Waals surface area contributed by atoms with Crippen molar-refractivity contribution in [2.45, 2.75) is 12.8 Å². The van der Waals surface area contributed by atoms with Gasteiger partial charge in [0.05, 0.1) is 0 Å². The number of hydrogen-bond donors (Lipinski definition) is 2. The molecule has 1 aliphatic carbocycles. The molecule has 0 aromatic heterocycles. The van der Waals surface area contributed by atoms with Gasteiger partial charge in [0.15, 0.2) is 5.78 Å². The number of aryl methyl sites for hydroxylation is 1. The van der Waals surface area contributed by atoms with Gasteiger partial charge in [-0.05, 0) is 54.3 Å². The number of aromatic hydroxyl groups is 2. The second-order valence-corrected chi connectivity index (χ2v) is 4.94. The molecule has 0 heterocycles. The maximum Gasteiger partial charge on any atom is 0.189 e. The molecule has 0 saturated heterocycles. The van der Waals surface area contributed by atoms with Crippen LogP contribution in [-0.4, -0.2) is 16.0 Å². The van der Waals surface area contributed by atoms with Crippen LogP contribution in [0.2, 0.25) is 0 Å². The van der Waals surface area contributed by atoms with E-state index in [1.807, 2.05) is 6.07 Å². The number of hydrogen-bond acceptors (Lipinski definition) is 3. The molecule has 0 fully saturated rings. The van der Waals surface area contributed by atoms with Gasteiger partial charge in [-0.25, -0.2) is 0 Å². The Kier molecular flexibility index (Phi) is 3.03. The third-order valence-corrected chi connectivity index (χ3v) is 3.50. The molecule has 1 aliphatic rings. The van der Waals surface area contributed by atoms with Crippen LogP contribution >= 0.6 is 0 Å². The number of phenols is 2. The fourth-order valence-electron chi connectivity index (χ4n) is 2.50. The second kappa shape index (κ2) is 4.85. The first-order valence-electron chi connectivity index (χ1n) is 6.50. The quantitative estimate of drug-likeness (QED) is 0.778. The number of ketones is 1. The van der Waals surface area contributed by atoms with Gasteiger partial charge in [0, 0.05) is 11.1 Å². The molecule has 0 radical (unpaired) electrons. The maximum atomic E-state index is 12.4. The van der Waals surface area contributed by atoms with Crippen LogP contribution in [0.15, 0.2) is 48.0 Å². The molecule has 3 rings (SSSR count). The third kappa shape index (κ3) is 2.30. The zero-order valence-corrected chi connectivity index (χ0v) is 10.8. The van der Waals surface area contributed by atoms with E-state index in [1.54, 1.807) is 36.4 Å². The van der Waals surface area contributed by atoms with Gasteiger partial charge in [-0.15, -0.1) is 0 Å². The van der Waals surface area contributed by atoms with Crippen molar-refractivity contribution in [3.8, 4) is 11.5 Å². The van der Waals surface area contributed by atoms with E-state index in [0.717, 1.165) is 17.5 Å². The van der Waals surface area contributed by atoms with Gasteiger partial charge in [0.2, 0.25) is 0 Å². The Hall–Kier alpha value is -2.55. The van der Waals surface area contributed by atoms with Crippen molar-refractivity contribution in [3.63, 3.8) is 0 Å². The summed E-state index contributed by atoms with van der Waals surface area (Å²) in [6, 6.07) is 11.7. The molecule has 0 bridgehead atoms. The van der Waals surface area contributed by atoms with Gasteiger partial charge in [-0.1, -0.05) is 18.2 Å². The van der Waals surface area contributed by atoms with E-state index in [1.165, 1.54) is 6.07 Å². The molecule has 2 N–H and O–H groups in total. The van der Waals surface area contributed by atoms with Crippen molar-refractivity contribution in [1.29, 1.82) is 0 Å². The van der Waals surface area contributed by atoms with Crippen molar-refractivity contribution in [2.24, 2.45) is 0 Å². The summed E-state index contributed by atoms with van der Waals surface area (Å²) in [4.78, 5) is 12.4. The molecule has 100 valence electrons. The van der Waals surface area contributed by atoms with Crippen LogP contribution in [0.3, 0.4) is 0 Å². The number of allylic oxidation sites excluding steroid dienone is 1. The van der Waals surface area contributed by atoms with Crippen molar-refractivity contribution in [1.82, 2.24) is 0 Å². The molecule has 0 unspecified atom stereocenters. The average molecular weight is 266 g/mol. The van der Waals surface area contributed by atoms with Crippen molar-refractivity contribution >= 4 is 11.9 Å². The molecule has 0 amide bonds. The van der Waals surface area contributed by atoms with E-state index in [-0.39, 0.29) is 17.3 Å². The van der Waals surface area contributed by atoms with Gasteiger partial charge < -0.3 is 10.2 Å². The third-order valence-electron chi connectivity index (χ3n) is 3.50. The van der Waals surface area contributed by atoms with E-state index in [4.69, 9.17) is 0 Å². The SMILES string of the molecule is O=C1/C(=C/c2cccc(O)c2)CCc2ccc(O)cc21. The number of benzene rings is 2. The first kappa shape index (κ1) is 12.5. The van der Waals surface area contributed by atoms with Crippen LogP contribution in [0.5, 0.6) is 11.5 Å². The summed E-state index contributed by atoms with van der Waals surface area (Å²) in [5.41, 5.74) is 3.05. The number of Topliss-reactive ketones (excluding diaryl/α,β-unsaturated/α-hetero) is 1. The molecule has 3 nitrogen and oxygen atoms in total. The fourth-order valence-corrected chi connectivity index (χ4v) is 2.50. The molecule has 0 saturated carbocycles. The molecule has 2 aromatic rings. The summed E-state index contributed by atoms with van der Waals surface area (Å²) < 4.78 is 0. The number of phenolic OH excluding ortho intramolecular Hbond substituents is 2. The Morgan fingerprint density at radius 3 is 2.55 bits per heavy atom. The summed E-state index contributed by atoms with van der Waals surface area (Å²) in [6.45, 7) is 0. The smallest absolute Gasteiger partial charge is 0.189 e. The normalized spacial score (nSPS) is 16.2. The first-order valence-corrected chi connectivity index (χ1v) is 6.50. The van der Waals surface area contributed by atoms with Gasteiger partial charge in [-0.2, -0.15) is 0 Å². The van der Waals surface area contributed by atoms with E-state index in [0.29, 0.717) is 17.6 Å². The first-order chi connectivity index (χ1) is 9.63. The molecule has 2 aromatic carbocycles. The molecule has 0 spiro atoms. The number of fused-ring (bicyclic) bond motifs is 1. The maximum absolute atomic E-state index is 12.4. The van der Waals surface area contributed by atoms with Gasteiger partial charge in [-0.3, -0.25) is 4.79 Å². The van der Waals surface area contributed by atoms with Gasteiger partial charge in [0.1, 0.15) is 11.5 Å².